The largest absolute Gasteiger partial charge is 0.464 e. The van der Waals surface area contributed by atoms with Crippen molar-refractivity contribution >= 4 is 11.0 Å². The Hall–Kier alpha value is -2.06. The van der Waals surface area contributed by atoms with Crippen molar-refractivity contribution in [3.63, 3.8) is 0 Å². The van der Waals surface area contributed by atoms with Crippen LogP contribution in [0.25, 0.3) is 11.0 Å². The highest BCUT2D eigenvalue weighted by Gasteiger charge is 2.13. The Labute approximate surface area is 138 Å². The van der Waals surface area contributed by atoms with E-state index in [1.165, 1.54) is 22.1 Å². The molecule has 3 aromatic rings. The number of rotatable bonds is 4. The van der Waals surface area contributed by atoms with Gasteiger partial charge in [-0.15, -0.1) is 0 Å². The van der Waals surface area contributed by atoms with Crippen LogP contribution in [0.15, 0.2) is 59.2 Å². The standard InChI is InChI=1S/C21H25NO/c1-21(2,3)19-10-8-16(9-11-19)14-22(4)15-18-7-5-6-17-12-13-23-20(17)18/h5-13H,14-15H2,1-4H3. The number of nitrogens with zero attached hydrogens (tertiary/aromatic N) is 1. The van der Waals surface area contributed by atoms with Gasteiger partial charge in [0.2, 0.25) is 0 Å². The molecule has 0 saturated heterocycles. The van der Waals surface area contributed by atoms with Crippen LogP contribution < -0.4 is 0 Å². The van der Waals surface area contributed by atoms with Gasteiger partial charge in [-0.2, -0.15) is 0 Å². The molecule has 2 heteroatoms. The van der Waals surface area contributed by atoms with Gasteiger partial charge in [-0.1, -0.05) is 63.2 Å². The second kappa shape index (κ2) is 6.21. The Bertz CT molecular complexity index is 777. The lowest BCUT2D eigenvalue weighted by Gasteiger charge is -2.21. The first-order chi connectivity index (χ1) is 10.9. The Morgan fingerprint density at radius 2 is 1.65 bits per heavy atom. The Morgan fingerprint density at radius 3 is 2.35 bits per heavy atom. The third-order valence-electron chi connectivity index (χ3n) is 4.27. The van der Waals surface area contributed by atoms with E-state index < -0.39 is 0 Å². The molecule has 0 N–H and O–H groups in total. The normalized spacial score (nSPS) is 12.2. The topological polar surface area (TPSA) is 16.4 Å². The molecule has 0 spiro atoms. The lowest BCUT2D eigenvalue weighted by Crippen LogP contribution is -2.17. The average molecular weight is 307 g/mol. The van der Waals surface area contributed by atoms with Crippen LogP contribution in [-0.2, 0) is 18.5 Å². The van der Waals surface area contributed by atoms with Crippen LogP contribution in [-0.4, -0.2) is 11.9 Å². The summed E-state index contributed by atoms with van der Waals surface area (Å²) < 4.78 is 5.63. The predicted molar refractivity (Wildman–Crippen MR) is 96.5 cm³/mol. The smallest absolute Gasteiger partial charge is 0.138 e. The van der Waals surface area contributed by atoms with Crippen LogP contribution in [0.5, 0.6) is 0 Å². The quantitative estimate of drug-likeness (QED) is 0.645. The van der Waals surface area contributed by atoms with Gasteiger partial charge in [0.15, 0.2) is 0 Å². The molecule has 2 nitrogen and oxygen atoms in total. The highest BCUT2D eigenvalue weighted by molar-refractivity contribution is 5.80. The van der Waals surface area contributed by atoms with Crippen LogP contribution in [0.3, 0.4) is 0 Å². The highest BCUT2D eigenvalue weighted by atomic mass is 16.3. The van der Waals surface area contributed by atoms with Gasteiger partial charge in [-0.3, -0.25) is 4.90 Å². The van der Waals surface area contributed by atoms with Crippen molar-refractivity contribution in [3.8, 4) is 0 Å². The minimum atomic E-state index is 0.208. The Morgan fingerprint density at radius 1 is 0.913 bits per heavy atom. The molecular weight excluding hydrogens is 282 g/mol. The number of benzene rings is 2. The summed E-state index contributed by atoms with van der Waals surface area (Å²) in [5.41, 5.74) is 5.17. The summed E-state index contributed by atoms with van der Waals surface area (Å²) in [7, 11) is 2.15. The summed E-state index contributed by atoms with van der Waals surface area (Å²) in [4.78, 5) is 2.32. The molecule has 1 aromatic heterocycles. The van der Waals surface area contributed by atoms with E-state index in [1.54, 1.807) is 6.26 Å². The van der Waals surface area contributed by atoms with E-state index in [4.69, 9.17) is 4.42 Å². The maximum Gasteiger partial charge on any atom is 0.138 e. The maximum absolute atomic E-state index is 5.63. The highest BCUT2D eigenvalue weighted by Crippen LogP contribution is 2.24. The maximum atomic E-state index is 5.63. The number of fused-ring (bicyclic) bond motifs is 1. The first kappa shape index (κ1) is 15.8. The van der Waals surface area contributed by atoms with Crippen molar-refractivity contribution in [1.29, 1.82) is 0 Å². The molecule has 0 fully saturated rings. The Balaban J connectivity index is 1.70. The van der Waals surface area contributed by atoms with Gasteiger partial charge >= 0.3 is 0 Å². The summed E-state index contributed by atoms with van der Waals surface area (Å²) in [6.45, 7) is 8.56. The fraction of sp³-hybridized carbons (Fsp3) is 0.333. The zero-order chi connectivity index (χ0) is 16.4. The Kier molecular flexibility index (Phi) is 4.27. The van der Waals surface area contributed by atoms with Crippen molar-refractivity contribution in [2.45, 2.75) is 39.3 Å². The van der Waals surface area contributed by atoms with Crippen molar-refractivity contribution in [2.75, 3.05) is 7.05 Å². The van der Waals surface area contributed by atoms with Crippen LogP contribution in [0, 0.1) is 0 Å². The molecule has 1 heterocycles. The molecule has 0 bridgehead atoms. The SMILES string of the molecule is CN(Cc1ccc(C(C)(C)C)cc1)Cc1cccc2ccoc12. The van der Waals surface area contributed by atoms with Crippen molar-refractivity contribution in [3.05, 3.63) is 71.5 Å². The summed E-state index contributed by atoms with van der Waals surface area (Å²) >= 11 is 0. The zero-order valence-corrected chi connectivity index (χ0v) is 14.5. The van der Waals surface area contributed by atoms with Gasteiger partial charge in [-0.05, 0) is 29.7 Å². The molecule has 0 aliphatic heterocycles. The minimum Gasteiger partial charge on any atom is -0.464 e. The molecule has 120 valence electrons. The fourth-order valence-electron chi connectivity index (χ4n) is 2.95. The van der Waals surface area contributed by atoms with E-state index in [1.807, 2.05) is 6.07 Å². The van der Waals surface area contributed by atoms with Gasteiger partial charge in [0.25, 0.3) is 0 Å². The van der Waals surface area contributed by atoms with Crippen molar-refractivity contribution in [2.24, 2.45) is 0 Å². The number of hydrogen-bond acceptors (Lipinski definition) is 2. The van der Waals surface area contributed by atoms with E-state index in [9.17, 15) is 0 Å². The first-order valence-corrected chi connectivity index (χ1v) is 8.16. The monoisotopic (exact) mass is 307 g/mol. The van der Waals surface area contributed by atoms with E-state index in [0.29, 0.717) is 0 Å². The number of para-hydroxylation sites is 1. The van der Waals surface area contributed by atoms with Gasteiger partial charge in [0, 0.05) is 24.0 Å². The second-order valence-electron chi connectivity index (χ2n) is 7.38. The fourth-order valence-corrected chi connectivity index (χ4v) is 2.95. The first-order valence-electron chi connectivity index (χ1n) is 8.16. The lowest BCUT2D eigenvalue weighted by atomic mass is 9.87. The molecule has 2 aromatic carbocycles. The predicted octanol–water partition coefficient (Wildman–Crippen LogP) is 5.36. The molecule has 0 aliphatic carbocycles. The average Bonchev–Trinajstić information content (AvgIpc) is 2.96. The van der Waals surface area contributed by atoms with Crippen molar-refractivity contribution in [1.82, 2.24) is 4.90 Å². The molecule has 0 saturated carbocycles. The molecule has 3 rings (SSSR count). The van der Waals surface area contributed by atoms with Gasteiger partial charge in [0.1, 0.15) is 5.58 Å². The van der Waals surface area contributed by atoms with Crippen LogP contribution in [0.4, 0.5) is 0 Å². The van der Waals surface area contributed by atoms with E-state index >= 15 is 0 Å². The molecular formula is C21H25NO. The molecule has 0 unspecified atom stereocenters. The van der Waals surface area contributed by atoms with E-state index in [0.717, 1.165) is 18.7 Å². The summed E-state index contributed by atoms with van der Waals surface area (Å²) in [5.74, 6) is 0. The summed E-state index contributed by atoms with van der Waals surface area (Å²) in [6, 6.07) is 17.3. The summed E-state index contributed by atoms with van der Waals surface area (Å²) in [6.07, 6.45) is 1.76. The summed E-state index contributed by atoms with van der Waals surface area (Å²) in [5, 5.41) is 1.17. The van der Waals surface area contributed by atoms with Crippen LogP contribution >= 0.6 is 0 Å². The van der Waals surface area contributed by atoms with Crippen LogP contribution in [0.2, 0.25) is 0 Å². The zero-order valence-electron chi connectivity index (χ0n) is 14.5. The molecule has 0 atom stereocenters. The number of furan rings is 1. The van der Waals surface area contributed by atoms with Gasteiger partial charge < -0.3 is 4.42 Å². The third-order valence-corrected chi connectivity index (χ3v) is 4.27. The van der Waals surface area contributed by atoms with Crippen molar-refractivity contribution < 1.29 is 4.42 Å². The van der Waals surface area contributed by atoms with Gasteiger partial charge in [0.05, 0.1) is 6.26 Å². The van der Waals surface area contributed by atoms with E-state index in [2.05, 4.69) is 75.2 Å². The minimum absolute atomic E-state index is 0.208. The second-order valence-corrected chi connectivity index (χ2v) is 7.38. The third kappa shape index (κ3) is 3.65. The van der Waals surface area contributed by atoms with Crippen LogP contribution in [0.1, 0.15) is 37.5 Å². The van der Waals surface area contributed by atoms with Gasteiger partial charge in [-0.25, -0.2) is 0 Å². The molecule has 23 heavy (non-hydrogen) atoms. The molecule has 0 radical (unpaired) electrons. The molecule has 0 aliphatic rings. The lowest BCUT2D eigenvalue weighted by molar-refractivity contribution is 0.318. The van der Waals surface area contributed by atoms with E-state index in [-0.39, 0.29) is 5.41 Å². The number of hydrogen-bond donors (Lipinski definition) is 0. The molecule has 0 amide bonds.